The summed E-state index contributed by atoms with van der Waals surface area (Å²) in [5, 5.41) is 10.9. The Hall–Kier alpha value is -4.84. The van der Waals surface area contributed by atoms with E-state index in [4.69, 9.17) is 0 Å². The number of aromatic nitrogens is 2. The molecule has 9 rings (SSSR count). The number of nitrogens with zero attached hydrogens (tertiary/aromatic N) is 2. The first-order chi connectivity index (χ1) is 15.9. The summed E-state index contributed by atoms with van der Waals surface area (Å²) in [6, 6.07) is 8.70. The topological polar surface area (TPSA) is 8.82 Å². The van der Waals surface area contributed by atoms with Gasteiger partial charge >= 0.3 is 0 Å². The maximum absolute atomic E-state index is 3.42. The molecule has 0 unspecified atom stereocenters. The van der Waals surface area contributed by atoms with E-state index in [2.05, 4.69) is 85.7 Å². The summed E-state index contributed by atoms with van der Waals surface area (Å²) < 4.78 is 4.72. The summed E-state index contributed by atoms with van der Waals surface area (Å²) in [4.78, 5) is 0. The predicted octanol–water partition coefficient (Wildman–Crippen LogP) is 3.09. The molecule has 3 aliphatic carbocycles. The van der Waals surface area contributed by atoms with E-state index in [-0.39, 0.29) is 0 Å². The third-order valence-corrected chi connectivity index (χ3v) is 7.15. The zero-order valence-corrected chi connectivity index (χ0v) is 16.7. The number of benzene rings is 2. The predicted molar refractivity (Wildman–Crippen MR) is 130 cm³/mol. The summed E-state index contributed by atoms with van der Waals surface area (Å²) in [6.45, 7) is 0. The normalized spacial score (nSPS) is 14.5. The zero-order valence-electron chi connectivity index (χ0n) is 16.7. The van der Waals surface area contributed by atoms with Gasteiger partial charge in [-0.1, -0.05) is 41.1 Å². The first kappa shape index (κ1) is 15.0. The van der Waals surface area contributed by atoms with Gasteiger partial charge < -0.3 is 8.80 Å². The molecule has 0 bridgehead atoms. The van der Waals surface area contributed by atoms with Gasteiger partial charge in [0, 0.05) is 49.0 Å². The Balaban J connectivity index is 1.87. The largest absolute Gasteiger partial charge is 0.301 e. The highest BCUT2D eigenvalue weighted by atomic mass is 14.9. The minimum Gasteiger partial charge on any atom is -0.301 e. The maximum atomic E-state index is 3.42. The van der Waals surface area contributed by atoms with Gasteiger partial charge in [0.15, 0.2) is 0 Å². The van der Waals surface area contributed by atoms with Crippen LogP contribution in [0.2, 0.25) is 0 Å². The third-order valence-electron chi connectivity index (χ3n) is 7.15. The van der Waals surface area contributed by atoms with Crippen LogP contribution in [0.4, 0.5) is 0 Å². The molecule has 140 valence electrons. The summed E-state index contributed by atoms with van der Waals surface area (Å²) in [6.07, 6.45) is 12.4. The van der Waals surface area contributed by atoms with Gasteiger partial charge in [-0.3, -0.25) is 0 Å². The Morgan fingerprint density at radius 2 is 1.31 bits per heavy atom. The number of allylic oxidation sites excluding steroid dienone is 2. The Morgan fingerprint density at radius 1 is 0.625 bits per heavy atom. The lowest BCUT2D eigenvalue weighted by molar-refractivity contribution is 1.14. The van der Waals surface area contributed by atoms with Gasteiger partial charge in [0.25, 0.3) is 0 Å². The number of hydrogen-bond donors (Lipinski definition) is 0. The van der Waals surface area contributed by atoms with E-state index < -0.39 is 0 Å². The van der Waals surface area contributed by atoms with Gasteiger partial charge in [-0.05, 0) is 47.9 Å². The highest BCUT2D eigenvalue weighted by Crippen LogP contribution is 2.42. The molecule has 0 radical (unpaired) electrons. The molecule has 32 heavy (non-hydrogen) atoms. The smallest absolute Gasteiger partial charge is 0.105 e. The second-order valence-corrected chi connectivity index (χ2v) is 8.49. The van der Waals surface area contributed by atoms with Crippen LogP contribution in [0.1, 0.15) is 11.3 Å². The van der Waals surface area contributed by atoms with Gasteiger partial charge in [-0.25, -0.2) is 0 Å². The van der Waals surface area contributed by atoms with E-state index in [0.717, 1.165) is 16.4 Å². The molecule has 0 atom stereocenters. The van der Waals surface area contributed by atoms with Crippen molar-refractivity contribution in [1.82, 2.24) is 8.80 Å². The average molecular weight is 398 g/mol. The molecule has 0 spiro atoms. The molecule has 2 aromatic carbocycles. The van der Waals surface area contributed by atoms with Crippen molar-refractivity contribution in [3.05, 3.63) is 91.7 Å². The lowest BCUT2D eigenvalue weighted by atomic mass is 9.97. The van der Waals surface area contributed by atoms with Gasteiger partial charge in [0.1, 0.15) is 10.7 Å². The fourth-order valence-corrected chi connectivity index (χ4v) is 6.08. The first-order valence-corrected chi connectivity index (χ1v) is 10.6. The molecule has 4 aromatic heterocycles. The monoisotopic (exact) mass is 398 g/mol. The van der Waals surface area contributed by atoms with Crippen LogP contribution >= 0.6 is 0 Å². The van der Waals surface area contributed by atoms with E-state index >= 15 is 0 Å². The van der Waals surface area contributed by atoms with Crippen molar-refractivity contribution in [3.8, 4) is 0 Å². The summed E-state index contributed by atoms with van der Waals surface area (Å²) >= 11 is 0. The number of fused-ring (bicyclic) bond motifs is 14. The average Bonchev–Trinajstić information content (AvgIpc) is 3.56. The van der Waals surface area contributed by atoms with Crippen molar-refractivity contribution >= 4 is 79.2 Å². The highest BCUT2D eigenvalue weighted by molar-refractivity contribution is 6.33. The molecule has 0 saturated carbocycles. The quantitative estimate of drug-likeness (QED) is 0.347. The molecule has 0 fully saturated rings. The van der Waals surface area contributed by atoms with E-state index in [1.807, 2.05) is 18.2 Å². The Bertz CT molecular complexity index is 2450. The number of rotatable bonds is 0. The van der Waals surface area contributed by atoms with Crippen LogP contribution < -0.4 is 21.1 Å². The molecule has 0 N–H and O–H groups in total. The molecule has 0 amide bonds. The van der Waals surface area contributed by atoms with Crippen LogP contribution in [0.5, 0.6) is 0 Å². The van der Waals surface area contributed by atoms with Crippen LogP contribution in [0.15, 0.2) is 59.3 Å². The van der Waals surface area contributed by atoms with Gasteiger partial charge in [0.2, 0.25) is 0 Å². The molecular formula is C30H10N2. The van der Waals surface area contributed by atoms with Crippen LogP contribution in [0.25, 0.3) is 79.2 Å². The summed E-state index contributed by atoms with van der Waals surface area (Å²) in [7, 11) is 0. The van der Waals surface area contributed by atoms with Crippen molar-refractivity contribution in [2.45, 2.75) is 0 Å². The van der Waals surface area contributed by atoms with Crippen molar-refractivity contribution in [2.24, 2.45) is 0 Å². The standard InChI is InChI=1S/C30H10N2/c1-5-13-21-17(9-1)25-26-18-10-2-7-15-23(18)32-24-16-8-4-12-20(24)28(30(26)32)27-19-11-3-6-14-22(19)31(21)29(25)27/h1-3,5,9-13,16H. The van der Waals surface area contributed by atoms with Gasteiger partial charge in [-0.2, -0.15) is 0 Å². The molecular weight excluding hydrogens is 388 g/mol. The molecule has 3 aliphatic rings. The fourth-order valence-electron chi connectivity index (χ4n) is 6.08. The van der Waals surface area contributed by atoms with Crippen molar-refractivity contribution in [2.75, 3.05) is 0 Å². The zero-order chi connectivity index (χ0) is 20.6. The minimum absolute atomic E-state index is 1.06. The molecule has 2 nitrogen and oxygen atoms in total. The van der Waals surface area contributed by atoms with E-state index in [0.29, 0.717) is 0 Å². The van der Waals surface area contributed by atoms with Gasteiger partial charge in [-0.15, -0.1) is 0 Å². The van der Waals surface area contributed by atoms with E-state index in [9.17, 15) is 0 Å². The first-order valence-electron chi connectivity index (χ1n) is 10.6. The molecule has 6 aromatic rings. The lowest BCUT2D eigenvalue weighted by Crippen LogP contribution is -2.26. The highest BCUT2D eigenvalue weighted by Gasteiger charge is 2.28. The van der Waals surface area contributed by atoms with Crippen LogP contribution in [0, 0.1) is 0 Å². The Morgan fingerprint density at radius 3 is 2.16 bits per heavy atom. The van der Waals surface area contributed by atoms with Crippen LogP contribution in [-0.4, -0.2) is 8.80 Å². The fraction of sp³-hybridized carbons (Fsp3) is 0. The Kier molecular flexibility index (Phi) is 2.22. The number of hydrogen-bond acceptors (Lipinski definition) is 0. The number of para-hydroxylation sites is 1. The van der Waals surface area contributed by atoms with Crippen molar-refractivity contribution in [3.63, 3.8) is 0 Å². The lowest BCUT2D eigenvalue weighted by Gasteiger charge is -2.02. The van der Waals surface area contributed by atoms with Crippen molar-refractivity contribution in [1.29, 1.82) is 0 Å². The van der Waals surface area contributed by atoms with Gasteiger partial charge in [0.05, 0.1) is 22.2 Å². The summed E-state index contributed by atoms with van der Waals surface area (Å²) in [5.74, 6) is 0. The van der Waals surface area contributed by atoms with Crippen LogP contribution in [0.3, 0.4) is 0 Å². The SMILES string of the molecule is C1=C=c2c(c3c4c5ccccc5n5c6c(c(c7c8c(n2c73)C=C=C=C8)c45)=CC=C=C=6)=CC=1. The van der Waals surface area contributed by atoms with Crippen molar-refractivity contribution < 1.29 is 0 Å². The third kappa shape index (κ3) is 1.38. The van der Waals surface area contributed by atoms with Crippen LogP contribution in [-0.2, 0) is 0 Å². The minimum atomic E-state index is 1.06. The maximum Gasteiger partial charge on any atom is 0.105 e. The Labute approximate surface area is 179 Å². The van der Waals surface area contributed by atoms with E-state index in [1.54, 1.807) is 0 Å². The van der Waals surface area contributed by atoms with E-state index in [1.165, 1.54) is 59.5 Å². The molecule has 2 heteroatoms. The molecule has 0 saturated heterocycles. The second-order valence-electron chi connectivity index (χ2n) is 8.49. The molecule has 4 heterocycles. The summed E-state index contributed by atoms with van der Waals surface area (Å²) in [5.41, 5.74) is 25.6. The molecule has 0 aliphatic heterocycles. The second kappa shape index (κ2) is 4.73.